The van der Waals surface area contributed by atoms with Crippen LogP contribution in [0, 0.1) is 11.6 Å². The molecule has 118 valence electrons. The molecule has 1 saturated heterocycles. The summed E-state index contributed by atoms with van der Waals surface area (Å²) in [6.45, 7) is 1.85. The lowest BCUT2D eigenvalue weighted by Crippen LogP contribution is -2.44. The van der Waals surface area contributed by atoms with Crippen LogP contribution in [0.3, 0.4) is 0 Å². The standard InChI is InChI=1S/C14H19F2N3O.ClH/c1-17-11-4-6-19(7-5-11)9-14(20)18-13-8-10(15)2-3-12(13)16;/h2-3,8,11,17H,4-7,9H2,1H3,(H,18,20);1H. The molecule has 2 rings (SSSR count). The Morgan fingerprint density at radius 2 is 2.00 bits per heavy atom. The highest BCUT2D eigenvalue weighted by Gasteiger charge is 2.20. The minimum atomic E-state index is -0.631. The van der Waals surface area contributed by atoms with Crippen LogP contribution in [-0.2, 0) is 4.79 Å². The van der Waals surface area contributed by atoms with Crippen molar-refractivity contribution in [1.29, 1.82) is 0 Å². The molecular formula is C14H20ClF2N3O. The highest BCUT2D eigenvalue weighted by Crippen LogP contribution is 2.15. The second kappa shape index (κ2) is 8.26. The number of benzene rings is 1. The maximum absolute atomic E-state index is 13.4. The molecule has 7 heteroatoms. The average molecular weight is 320 g/mol. The number of likely N-dealkylation sites (tertiary alicyclic amines) is 1. The third-order valence-electron chi connectivity index (χ3n) is 3.57. The lowest BCUT2D eigenvalue weighted by atomic mass is 10.1. The van der Waals surface area contributed by atoms with E-state index in [1.54, 1.807) is 0 Å². The van der Waals surface area contributed by atoms with Crippen LogP contribution in [0.25, 0.3) is 0 Å². The number of hydrogen-bond acceptors (Lipinski definition) is 3. The summed E-state index contributed by atoms with van der Waals surface area (Å²) in [4.78, 5) is 13.9. The minimum absolute atomic E-state index is 0. The molecule has 2 N–H and O–H groups in total. The molecule has 21 heavy (non-hydrogen) atoms. The van der Waals surface area contributed by atoms with Crippen LogP contribution < -0.4 is 10.6 Å². The molecule has 4 nitrogen and oxygen atoms in total. The molecule has 0 atom stereocenters. The first-order chi connectivity index (χ1) is 9.58. The first-order valence-electron chi connectivity index (χ1n) is 6.73. The van der Waals surface area contributed by atoms with Crippen molar-refractivity contribution in [2.75, 3.05) is 32.0 Å². The number of hydrogen-bond donors (Lipinski definition) is 2. The van der Waals surface area contributed by atoms with Crippen molar-refractivity contribution in [3.8, 4) is 0 Å². The number of carbonyl (C=O) groups excluding carboxylic acids is 1. The molecule has 1 aliphatic heterocycles. The van der Waals surface area contributed by atoms with Gasteiger partial charge in [0.2, 0.25) is 5.91 Å². The largest absolute Gasteiger partial charge is 0.322 e. The van der Waals surface area contributed by atoms with Crippen molar-refractivity contribution in [2.24, 2.45) is 0 Å². The molecule has 0 aromatic heterocycles. The van der Waals surface area contributed by atoms with Crippen LogP contribution in [0.4, 0.5) is 14.5 Å². The fraction of sp³-hybridized carbons (Fsp3) is 0.500. The van der Waals surface area contributed by atoms with Gasteiger partial charge in [-0.25, -0.2) is 8.78 Å². The molecular weight excluding hydrogens is 300 g/mol. The number of nitrogens with zero attached hydrogens (tertiary/aromatic N) is 1. The van der Waals surface area contributed by atoms with Gasteiger partial charge in [0.05, 0.1) is 12.2 Å². The molecule has 1 aromatic carbocycles. The first-order valence-corrected chi connectivity index (χ1v) is 6.73. The van der Waals surface area contributed by atoms with Gasteiger partial charge >= 0.3 is 0 Å². The van der Waals surface area contributed by atoms with Gasteiger partial charge in [-0.05, 0) is 32.0 Å². The van der Waals surface area contributed by atoms with Gasteiger partial charge < -0.3 is 10.6 Å². The minimum Gasteiger partial charge on any atom is -0.322 e. The maximum atomic E-state index is 13.4. The Bertz CT molecular complexity index is 479. The predicted octanol–water partition coefficient (Wildman–Crippen LogP) is 2.01. The van der Waals surface area contributed by atoms with Crippen LogP contribution in [-0.4, -0.2) is 43.5 Å². The Hall–Kier alpha value is -1.24. The van der Waals surface area contributed by atoms with Crippen LogP contribution >= 0.6 is 12.4 Å². The summed E-state index contributed by atoms with van der Waals surface area (Å²) in [6.07, 6.45) is 1.97. The number of piperidine rings is 1. The van der Waals surface area contributed by atoms with E-state index in [1.165, 1.54) is 0 Å². The van der Waals surface area contributed by atoms with Gasteiger partial charge in [0.15, 0.2) is 0 Å². The quantitative estimate of drug-likeness (QED) is 0.892. The summed E-state index contributed by atoms with van der Waals surface area (Å²) in [5, 5.41) is 5.63. The molecule has 0 spiro atoms. The van der Waals surface area contributed by atoms with Gasteiger partial charge in [-0.15, -0.1) is 12.4 Å². The van der Waals surface area contributed by atoms with Gasteiger partial charge in [-0.1, -0.05) is 0 Å². The summed E-state index contributed by atoms with van der Waals surface area (Å²) in [7, 11) is 1.93. The van der Waals surface area contributed by atoms with Gasteiger partial charge in [0.25, 0.3) is 0 Å². The molecule has 1 aliphatic rings. The van der Waals surface area contributed by atoms with Crippen molar-refractivity contribution in [3.63, 3.8) is 0 Å². The zero-order valence-electron chi connectivity index (χ0n) is 11.9. The lowest BCUT2D eigenvalue weighted by Gasteiger charge is -2.31. The Labute approximate surface area is 129 Å². The lowest BCUT2D eigenvalue weighted by molar-refractivity contribution is -0.117. The number of halogens is 3. The van der Waals surface area contributed by atoms with Crippen LogP contribution in [0.15, 0.2) is 18.2 Å². The van der Waals surface area contributed by atoms with E-state index in [0.717, 1.165) is 44.1 Å². The fourth-order valence-corrected chi connectivity index (χ4v) is 2.37. The third kappa shape index (κ3) is 5.22. The highest BCUT2D eigenvalue weighted by molar-refractivity contribution is 5.92. The van der Waals surface area contributed by atoms with Crippen molar-refractivity contribution in [3.05, 3.63) is 29.8 Å². The van der Waals surface area contributed by atoms with Gasteiger partial charge in [-0.3, -0.25) is 9.69 Å². The second-order valence-electron chi connectivity index (χ2n) is 5.01. The molecule has 0 saturated carbocycles. The van der Waals surface area contributed by atoms with Crippen molar-refractivity contribution >= 4 is 24.0 Å². The monoisotopic (exact) mass is 319 g/mol. The summed E-state index contributed by atoms with van der Waals surface area (Å²) in [6, 6.07) is 3.51. The molecule has 1 aromatic rings. The highest BCUT2D eigenvalue weighted by atomic mass is 35.5. The molecule has 1 fully saturated rings. The van der Waals surface area contributed by atoms with Crippen LogP contribution in [0.5, 0.6) is 0 Å². The van der Waals surface area contributed by atoms with E-state index in [2.05, 4.69) is 10.6 Å². The fourth-order valence-electron chi connectivity index (χ4n) is 2.37. The summed E-state index contributed by atoms with van der Waals surface area (Å²) in [5.41, 5.74) is -0.111. The van der Waals surface area contributed by atoms with Crippen molar-refractivity contribution < 1.29 is 13.6 Å². The Morgan fingerprint density at radius 3 is 2.62 bits per heavy atom. The van der Waals surface area contributed by atoms with Gasteiger partial charge in [0, 0.05) is 25.2 Å². The average Bonchev–Trinajstić information content (AvgIpc) is 2.43. The van der Waals surface area contributed by atoms with E-state index >= 15 is 0 Å². The summed E-state index contributed by atoms with van der Waals surface area (Å²) >= 11 is 0. The summed E-state index contributed by atoms with van der Waals surface area (Å²) in [5.74, 6) is -1.53. The van der Waals surface area contributed by atoms with Crippen molar-refractivity contribution in [1.82, 2.24) is 10.2 Å². The number of carbonyl (C=O) groups is 1. The first kappa shape index (κ1) is 17.8. The molecule has 0 aliphatic carbocycles. The zero-order valence-corrected chi connectivity index (χ0v) is 12.7. The van der Waals surface area contributed by atoms with Gasteiger partial charge in [-0.2, -0.15) is 0 Å². The molecule has 1 heterocycles. The van der Waals surface area contributed by atoms with Crippen LogP contribution in [0.2, 0.25) is 0 Å². The number of rotatable bonds is 4. The topological polar surface area (TPSA) is 44.4 Å². The van der Waals surface area contributed by atoms with E-state index in [1.807, 2.05) is 11.9 Å². The van der Waals surface area contributed by atoms with Crippen LogP contribution in [0.1, 0.15) is 12.8 Å². The number of nitrogens with one attached hydrogen (secondary N) is 2. The molecule has 0 bridgehead atoms. The Balaban J connectivity index is 0.00000220. The molecule has 0 radical (unpaired) electrons. The molecule has 0 unspecified atom stereocenters. The number of amides is 1. The van der Waals surface area contributed by atoms with E-state index in [4.69, 9.17) is 0 Å². The normalized spacial score (nSPS) is 16.3. The van der Waals surface area contributed by atoms with E-state index in [9.17, 15) is 13.6 Å². The SMILES string of the molecule is CNC1CCN(CC(=O)Nc2cc(F)ccc2F)CC1.Cl. The van der Waals surface area contributed by atoms with Crippen molar-refractivity contribution in [2.45, 2.75) is 18.9 Å². The van der Waals surface area contributed by atoms with Gasteiger partial charge in [0.1, 0.15) is 11.6 Å². The Morgan fingerprint density at radius 1 is 1.33 bits per heavy atom. The molecule has 1 amide bonds. The third-order valence-corrected chi connectivity index (χ3v) is 3.57. The number of anilines is 1. The maximum Gasteiger partial charge on any atom is 0.238 e. The van der Waals surface area contributed by atoms with E-state index in [0.29, 0.717) is 6.04 Å². The van der Waals surface area contributed by atoms with E-state index in [-0.39, 0.29) is 30.5 Å². The van der Waals surface area contributed by atoms with E-state index < -0.39 is 11.6 Å². The summed E-state index contributed by atoms with van der Waals surface area (Å²) < 4.78 is 26.4. The second-order valence-corrected chi connectivity index (χ2v) is 5.01. The smallest absolute Gasteiger partial charge is 0.238 e. The Kier molecular flexibility index (Phi) is 7.01. The zero-order chi connectivity index (χ0) is 14.5. The predicted molar refractivity (Wildman–Crippen MR) is 80.8 cm³/mol.